The molecule has 1 atom stereocenters. The van der Waals surface area contributed by atoms with Crippen LogP contribution < -0.4 is 4.90 Å². The number of carbonyl (C=O) groups excluding carboxylic acids is 1. The molecule has 1 N–H and O–H groups in total. The standard InChI is InChI=1S/C14H19NO2/c1-5-13(17)15(9-12(4)16)14-10(2)7-6-8-11(14)3/h5-8,12,16H,1,9H2,2-4H3. The average molecular weight is 233 g/mol. The van der Waals surface area contributed by atoms with Crippen molar-refractivity contribution in [3.63, 3.8) is 0 Å². The molecular weight excluding hydrogens is 214 g/mol. The van der Waals surface area contributed by atoms with Gasteiger partial charge < -0.3 is 10.0 Å². The van der Waals surface area contributed by atoms with Crippen molar-refractivity contribution < 1.29 is 9.90 Å². The number of amides is 1. The Hall–Kier alpha value is -1.61. The van der Waals surface area contributed by atoms with E-state index in [0.717, 1.165) is 16.8 Å². The number of rotatable bonds is 4. The second-order valence-corrected chi connectivity index (χ2v) is 4.24. The molecule has 0 radical (unpaired) electrons. The third kappa shape index (κ3) is 3.17. The summed E-state index contributed by atoms with van der Waals surface area (Å²) in [7, 11) is 0. The second-order valence-electron chi connectivity index (χ2n) is 4.24. The van der Waals surface area contributed by atoms with Gasteiger partial charge in [-0.15, -0.1) is 0 Å². The Kier molecular flexibility index (Phi) is 4.46. The highest BCUT2D eigenvalue weighted by molar-refractivity contribution is 6.02. The fourth-order valence-corrected chi connectivity index (χ4v) is 1.90. The molecule has 0 bridgehead atoms. The van der Waals surface area contributed by atoms with Crippen molar-refractivity contribution in [2.75, 3.05) is 11.4 Å². The largest absolute Gasteiger partial charge is 0.392 e. The smallest absolute Gasteiger partial charge is 0.250 e. The van der Waals surface area contributed by atoms with E-state index in [1.165, 1.54) is 6.08 Å². The monoisotopic (exact) mass is 233 g/mol. The van der Waals surface area contributed by atoms with Gasteiger partial charge in [0, 0.05) is 5.69 Å². The van der Waals surface area contributed by atoms with Crippen molar-refractivity contribution >= 4 is 11.6 Å². The van der Waals surface area contributed by atoms with Crippen LogP contribution in [0.5, 0.6) is 0 Å². The number of hydrogen-bond acceptors (Lipinski definition) is 2. The predicted octanol–water partition coefficient (Wildman–Crippen LogP) is 2.20. The van der Waals surface area contributed by atoms with Gasteiger partial charge in [-0.3, -0.25) is 4.79 Å². The van der Waals surface area contributed by atoms with Gasteiger partial charge in [0.2, 0.25) is 5.91 Å². The van der Waals surface area contributed by atoms with E-state index in [1.54, 1.807) is 11.8 Å². The van der Waals surface area contributed by atoms with Gasteiger partial charge in [-0.1, -0.05) is 24.8 Å². The van der Waals surface area contributed by atoms with Crippen LogP contribution >= 0.6 is 0 Å². The molecule has 0 spiro atoms. The third-order valence-electron chi connectivity index (χ3n) is 2.60. The van der Waals surface area contributed by atoms with Crippen molar-refractivity contribution in [3.8, 4) is 0 Å². The lowest BCUT2D eigenvalue weighted by Gasteiger charge is -2.26. The molecule has 17 heavy (non-hydrogen) atoms. The summed E-state index contributed by atoms with van der Waals surface area (Å²) in [5, 5.41) is 9.48. The molecule has 0 aliphatic heterocycles. The molecule has 1 aromatic rings. The summed E-state index contributed by atoms with van der Waals surface area (Å²) in [6, 6.07) is 5.86. The lowest BCUT2D eigenvalue weighted by Crippen LogP contribution is -2.36. The van der Waals surface area contributed by atoms with Crippen LogP contribution in [0.1, 0.15) is 18.1 Å². The maximum atomic E-state index is 11.8. The molecule has 0 heterocycles. The predicted molar refractivity (Wildman–Crippen MR) is 70.1 cm³/mol. The number of aryl methyl sites for hydroxylation is 2. The number of anilines is 1. The van der Waals surface area contributed by atoms with Crippen LogP contribution in [0.25, 0.3) is 0 Å². The quantitative estimate of drug-likeness (QED) is 0.810. The van der Waals surface area contributed by atoms with E-state index in [0.29, 0.717) is 0 Å². The number of aliphatic hydroxyl groups excluding tert-OH is 1. The molecule has 0 aliphatic carbocycles. The Bertz CT molecular complexity index is 404. The number of nitrogens with zero attached hydrogens (tertiary/aromatic N) is 1. The highest BCUT2D eigenvalue weighted by atomic mass is 16.3. The molecule has 1 amide bonds. The van der Waals surface area contributed by atoms with Gasteiger partial charge >= 0.3 is 0 Å². The van der Waals surface area contributed by atoms with Crippen molar-refractivity contribution in [2.45, 2.75) is 26.9 Å². The van der Waals surface area contributed by atoms with Gasteiger partial charge in [0.05, 0.1) is 12.6 Å². The number of aliphatic hydroxyl groups is 1. The SMILES string of the molecule is C=CC(=O)N(CC(C)O)c1c(C)cccc1C. The van der Waals surface area contributed by atoms with Crippen molar-refractivity contribution in [3.05, 3.63) is 42.0 Å². The molecule has 3 nitrogen and oxygen atoms in total. The maximum absolute atomic E-state index is 11.8. The molecule has 1 unspecified atom stereocenters. The number of carbonyl (C=O) groups is 1. The zero-order chi connectivity index (χ0) is 13.0. The van der Waals surface area contributed by atoms with Crippen LogP contribution in [0.2, 0.25) is 0 Å². The van der Waals surface area contributed by atoms with E-state index in [-0.39, 0.29) is 12.5 Å². The Morgan fingerprint density at radius 2 is 2.00 bits per heavy atom. The van der Waals surface area contributed by atoms with Gasteiger partial charge in [-0.2, -0.15) is 0 Å². The molecule has 3 heteroatoms. The second kappa shape index (κ2) is 5.64. The third-order valence-corrected chi connectivity index (χ3v) is 2.60. The van der Waals surface area contributed by atoms with E-state index in [2.05, 4.69) is 6.58 Å². The van der Waals surface area contributed by atoms with Crippen LogP contribution in [0.15, 0.2) is 30.9 Å². The molecule has 0 saturated carbocycles. The zero-order valence-corrected chi connectivity index (χ0v) is 10.6. The Labute approximate surface area is 102 Å². The van der Waals surface area contributed by atoms with Gasteiger partial charge in [0.1, 0.15) is 0 Å². The summed E-state index contributed by atoms with van der Waals surface area (Å²) in [4.78, 5) is 13.4. The van der Waals surface area contributed by atoms with Crippen molar-refractivity contribution in [1.29, 1.82) is 0 Å². The molecule has 0 aliphatic rings. The minimum Gasteiger partial charge on any atom is -0.392 e. The number of para-hydroxylation sites is 1. The first-order chi connectivity index (χ1) is 7.97. The van der Waals surface area contributed by atoms with Gasteiger partial charge in [0.15, 0.2) is 0 Å². The highest BCUT2D eigenvalue weighted by Crippen LogP contribution is 2.25. The van der Waals surface area contributed by atoms with Crippen molar-refractivity contribution in [1.82, 2.24) is 0 Å². The molecule has 92 valence electrons. The zero-order valence-electron chi connectivity index (χ0n) is 10.6. The van der Waals surface area contributed by atoms with Crippen LogP contribution in [-0.4, -0.2) is 23.7 Å². The normalized spacial score (nSPS) is 12.0. The summed E-state index contributed by atoms with van der Waals surface area (Å²) in [6.07, 6.45) is 0.701. The summed E-state index contributed by atoms with van der Waals surface area (Å²) >= 11 is 0. The molecule has 0 aromatic heterocycles. The molecular formula is C14H19NO2. The fraction of sp³-hybridized carbons (Fsp3) is 0.357. The lowest BCUT2D eigenvalue weighted by atomic mass is 10.1. The fourth-order valence-electron chi connectivity index (χ4n) is 1.90. The van der Waals surface area contributed by atoms with E-state index < -0.39 is 6.10 Å². The van der Waals surface area contributed by atoms with E-state index in [1.807, 2.05) is 32.0 Å². The van der Waals surface area contributed by atoms with E-state index in [4.69, 9.17) is 0 Å². The Morgan fingerprint density at radius 1 is 1.47 bits per heavy atom. The Balaban J connectivity index is 3.21. The molecule has 1 rings (SSSR count). The molecule has 0 fully saturated rings. The summed E-state index contributed by atoms with van der Waals surface area (Å²) in [5.74, 6) is -0.191. The van der Waals surface area contributed by atoms with Gasteiger partial charge in [-0.05, 0) is 38.0 Å². The van der Waals surface area contributed by atoms with Crippen LogP contribution in [0.4, 0.5) is 5.69 Å². The first-order valence-corrected chi connectivity index (χ1v) is 5.65. The van der Waals surface area contributed by atoms with Crippen molar-refractivity contribution in [2.24, 2.45) is 0 Å². The maximum Gasteiger partial charge on any atom is 0.250 e. The minimum atomic E-state index is -0.571. The van der Waals surface area contributed by atoms with Crippen LogP contribution in [0, 0.1) is 13.8 Å². The number of hydrogen-bond donors (Lipinski definition) is 1. The highest BCUT2D eigenvalue weighted by Gasteiger charge is 2.18. The van der Waals surface area contributed by atoms with Gasteiger partial charge in [0.25, 0.3) is 0 Å². The molecule has 1 aromatic carbocycles. The lowest BCUT2D eigenvalue weighted by molar-refractivity contribution is -0.114. The average Bonchev–Trinajstić information content (AvgIpc) is 2.26. The molecule has 0 saturated heterocycles. The topological polar surface area (TPSA) is 40.5 Å². The number of benzene rings is 1. The first kappa shape index (κ1) is 13.5. The summed E-state index contributed by atoms with van der Waals surface area (Å²) in [6.45, 7) is 9.34. The summed E-state index contributed by atoms with van der Waals surface area (Å²) in [5.41, 5.74) is 2.89. The first-order valence-electron chi connectivity index (χ1n) is 5.65. The van der Waals surface area contributed by atoms with Gasteiger partial charge in [-0.25, -0.2) is 0 Å². The Morgan fingerprint density at radius 3 is 2.41 bits per heavy atom. The summed E-state index contributed by atoms with van der Waals surface area (Å²) < 4.78 is 0. The van der Waals surface area contributed by atoms with Crippen LogP contribution in [-0.2, 0) is 4.79 Å². The van der Waals surface area contributed by atoms with E-state index in [9.17, 15) is 9.90 Å². The van der Waals surface area contributed by atoms with Crippen LogP contribution in [0.3, 0.4) is 0 Å². The van der Waals surface area contributed by atoms with E-state index >= 15 is 0 Å². The minimum absolute atomic E-state index is 0.191.